The number of rotatable bonds is 4. The maximum atomic E-state index is 11.0. The number of halogens is 3. The third-order valence-corrected chi connectivity index (χ3v) is 2.56. The predicted octanol–water partition coefficient (Wildman–Crippen LogP) is 4.39. The number of esters is 1. The standard InChI is InChI=1S/C13H13Cl3O3/c1-9(17)19-12-8-10(5-6-11(12)18-2)4-3-7-13(14,15)16/h3-6,8H,7H2,1-2H3/b4-3-. The molecule has 3 nitrogen and oxygen atoms in total. The number of alkyl halides is 3. The summed E-state index contributed by atoms with van der Waals surface area (Å²) >= 11 is 16.9. The number of benzene rings is 1. The zero-order valence-corrected chi connectivity index (χ0v) is 12.7. The van der Waals surface area contributed by atoms with Crippen molar-refractivity contribution in [2.45, 2.75) is 17.1 Å². The lowest BCUT2D eigenvalue weighted by Crippen LogP contribution is -2.03. The van der Waals surface area contributed by atoms with E-state index in [2.05, 4.69) is 0 Å². The quantitative estimate of drug-likeness (QED) is 0.468. The van der Waals surface area contributed by atoms with Crippen molar-refractivity contribution in [2.75, 3.05) is 7.11 Å². The van der Waals surface area contributed by atoms with E-state index in [1.54, 1.807) is 30.4 Å². The smallest absolute Gasteiger partial charge is 0.308 e. The van der Waals surface area contributed by atoms with Crippen molar-refractivity contribution in [3.8, 4) is 11.5 Å². The Morgan fingerprint density at radius 3 is 2.53 bits per heavy atom. The van der Waals surface area contributed by atoms with E-state index in [0.29, 0.717) is 11.5 Å². The van der Waals surface area contributed by atoms with Crippen LogP contribution in [0.25, 0.3) is 6.08 Å². The van der Waals surface area contributed by atoms with Gasteiger partial charge in [-0.15, -0.1) is 0 Å². The van der Waals surface area contributed by atoms with Crippen LogP contribution in [0.15, 0.2) is 24.3 Å². The lowest BCUT2D eigenvalue weighted by molar-refractivity contribution is -0.132. The van der Waals surface area contributed by atoms with Crippen molar-refractivity contribution < 1.29 is 14.3 Å². The molecule has 0 aliphatic rings. The van der Waals surface area contributed by atoms with E-state index in [9.17, 15) is 4.79 Å². The zero-order valence-electron chi connectivity index (χ0n) is 10.5. The summed E-state index contributed by atoms with van der Waals surface area (Å²) in [5, 5.41) is 0. The van der Waals surface area contributed by atoms with Gasteiger partial charge in [-0.05, 0) is 17.7 Å². The molecule has 0 atom stereocenters. The second-order valence-corrected chi connectivity index (χ2v) is 6.24. The maximum absolute atomic E-state index is 11.0. The lowest BCUT2D eigenvalue weighted by atomic mass is 10.2. The van der Waals surface area contributed by atoms with E-state index < -0.39 is 9.76 Å². The fourth-order valence-corrected chi connectivity index (χ4v) is 1.63. The summed E-state index contributed by atoms with van der Waals surface area (Å²) < 4.78 is 8.83. The number of methoxy groups -OCH3 is 1. The van der Waals surface area contributed by atoms with Gasteiger partial charge in [0.1, 0.15) is 0 Å². The molecule has 6 heteroatoms. The van der Waals surface area contributed by atoms with Gasteiger partial charge in [0.25, 0.3) is 0 Å². The van der Waals surface area contributed by atoms with Crippen molar-refractivity contribution in [1.82, 2.24) is 0 Å². The van der Waals surface area contributed by atoms with Gasteiger partial charge in [0.2, 0.25) is 0 Å². The number of ether oxygens (including phenoxy) is 2. The van der Waals surface area contributed by atoms with Crippen LogP contribution in [0, 0.1) is 0 Å². The van der Waals surface area contributed by atoms with Crippen LogP contribution in [-0.2, 0) is 4.79 Å². The molecule has 0 unspecified atom stereocenters. The van der Waals surface area contributed by atoms with Gasteiger partial charge in [0, 0.05) is 13.3 Å². The molecule has 0 amide bonds. The van der Waals surface area contributed by atoms with Gasteiger partial charge in [-0.25, -0.2) is 0 Å². The lowest BCUT2D eigenvalue weighted by Gasteiger charge is -2.09. The highest BCUT2D eigenvalue weighted by atomic mass is 35.6. The van der Waals surface area contributed by atoms with Gasteiger partial charge in [0.05, 0.1) is 7.11 Å². The fraction of sp³-hybridized carbons (Fsp3) is 0.308. The van der Waals surface area contributed by atoms with Crippen LogP contribution in [0.4, 0.5) is 0 Å². The average Bonchev–Trinajstić information content (AvgIpc) is 2.27. The Hall–Kier alpha value is -0.900. The minimum absolute atomic E-state index is 0.284. The molecule has 19 heavy (non-hydrogen) atoms. The first-order valence-electron chi connectivity index (χ1n) is 5.41. The van der Waals surface area contributed by atoms with Crippen LogP contribution in [0.3, 0.4) is 0 Å². The summed E-state index contributed by atoms with van der Waals surface area (Å²) in [7, 11) is 1.50. The first-order chi connectivity index (χ1) is 8.81. The Bertz CT molecular complexity index is 479. The molecule has 0 aromatic heterocycles. The number of carbonyl (C=O) groups is 1. The van der Waals surface area contributed by atoms with Gasteiger partial charge < -0.3 is 9.47 Å². The summed E-state index contributed by atoms with van der Waals surface area (Å²) in [6.45, 7) is 1.32. The molecule has 0 heterocycles. The van der Waals surface area contributed by atoms with E-state index in [1.165, 1.54) is 14.0 Å². The molecule has 0 aliphatic heterocycles. The van der Waals surface area contributed by atoms with Crippen molar-refractivity contribution in [1.29, 1.82) is 0 Å². The summed E-state index contributed by atoms with van der Waals surface area (Å²) in [5.41, 5.74) is 0.811. The molecule has 0 fully saturated rings. The topological polar surface area (TPSA) is 35.5 Å². The monoisotopic (exact) mass is 322 g/mol. The molecule has 1 rings (SSSR count). The minimum Gasteiger partial charge on any atom is -0.493 e. The molecule has 0 saturated carbocycles. The van der Waals surface area contributed by atoms with E-state index in [1.807, 2.05) is 0 Å². The van der Waals surface area contributed by atoms with Crippen molar-refractivity contribution >= 4 is 46.8 Å². The van der Waals surface area contributed by atoms with Gasteiger partial charge >= 0.3 is 5.97 Å². The maximum Gasteiger partial charge on any atom is 0.308 e. The predicted molar refractivity (Wildman–Crippen MR) is 78.2 cm³/mol. The van der Waals surface area contributed by atoms with Crippen LogP contribution >= 0.6 is 34.8 Å². The van der Waals surface area contributed by atoms with Crippen LogP contribution in [0.5, 0.6) is 11.5 Å². The van der Waals surface area contributed by atoms with Crippen LogP contribution < -0.4 is 9.47 Å². The van der Waals surface area contributed by atoms with E-state index in [-0.39, 0.29) is 6.42 Å². The van der Waals surface area contributed by atoms with Gasteiger partial charge in [-0.3, -0.25) is 4.79 Å². The minimum atomic E-state index is -1.32. The number of hydrogen-bond acceptors (Lipinski definition) is 3. The fourth-order valence-electron chi connectivity index (χ4n) is 1.36. The SMILES string of the molecule is COc1ccc(/C=C\CC(Cl)(Cl)Cl)cc1OC(C)=O. The molecular weight excluding hydrogens is 310 g/mol. The highest BCUT2D eigenvalue weighted by Gasteiger charge is 2.16. The Morgan fingerprint density at radius 1 is 1.32 bits per heavy atom. The highest BCUT2D eigenvalue weighted by molar-refractivity contribution is 6.67. The summed E-state index contributed by atoms with van der Waals surface area (Å²) in [6.07, 6.45) is 3.78. The first kappa shape index (κ1) is 16.2. The van der Waals surface area contributed by atoms with E-state index in [4.69, 9.17) is 44.3 Å². The third-order valence-electron chi connectivity index (χ3n) is 2.10. The third kappa shape index (κ3) is 6.19. The number of hydrogen-bond donors (Lipinski definition) is 0. The molecule has 0 radical (unpaired) electrons. The number of carbonyl (C=O) groups excluding carboxylic acids is 1. The van der Waals surface area contributed by atoms with Gasteiger partial charge in [0.15, 0.2) is 15.3 Å². The zero-order chi connectivity index (χ0) is 14.5. The molecular formula is C13H13Cl3O3. The van der Waals surface area contributed by atoms with Gasteiger partial charge in [-0.1, -0.05) is 53.0 Å². The Kier molecular flexibility index (Phi) is 5.98. The number of allylic oxidation sites excluding steroid dienone is 1. The van der Waals surface area contributed by atoms with E-state index >= 15 is 0 Å². The molecule has 0 spiro atoms. The normalized spacial score (nSPS) is 11.6. The van der Waals surface area contributed by atoms with Crippen molar-refractivity contribution in [3.63, 3.8) is 0 Å². The molecule has 0 aliphatic carbocycles. The summed E-state index contributed by atoms with van der Waals surface area (Å²) in [4.78, 5) is 11.0. The molecule has 0 N–H and O–H groups in total. The van der Waals surface area contributed by atoms with Crippen molar-refractivity contribution in [3.05, 3.63) is 29.8 Å². The van der Waals surface area contributed by atoms with Crippen molar-refractivity contribution in [2.24, 2.45) is 0 Å². The highest BCUT2D eigenvalue weighted by Crippen LogP contribution is 2.32. The second-order valence-electron chi connectivity index (χ2n) is 3.73. The molecule has 1 aromatic rings. The second kappa shape index (κ2) is 7.04. The van der Waals surface area contributed by atoms with Crippen LogP contribution in [0.2, 0.25) is 0 Å². The van der Waals surface area contributed by atoms with Gasteiger partial charge in [-0.2, -0.15) is 0 Å². The Morgan fingerprint density at radius 2 is 2.00 bits per heavy atom. The molecule has 104 valence electrons. The summed E-state index contributed by atoms with van der Waals surface area (Å²) in [6, 6.07) is 5.18. The van der Waals surface area contributed by atoms with Crippen LogP contribution in [0.1, 0.15) is 18.9 Å². The largest absolute Gasteiger partial charge is 0.493 e. The molecule has 0 bridgehead atoms. The molecule has 1 aromatic carbocycles. The van der Waals surface area contributed by atoms with E-state index in [0.717, 1.165) is 5.56 Å². The van der Waals surface area contributed by atoms with Crippen LogP contribution in [-0.4, -0.2) is 16.9 Å². The Balaban J connectivity index is 2.89. The Labute approximate surface area is 127 Å². The molecule has 0 saturated heterocycles. The average molecular weight is 324 g/mol. The first-order valence-corrected chi connectivity index (χ1v) is 6.55. The summed E-state index contributed by atoms with van der Waals surface area (Å²) in [5.74, 6) is 0.417.